The van der Waals surface area contributed by atoms with E-state index in [9.17, 15) is 4.79 Å². The Bertz CT molecular complexity index is 1070. The number of H-pyrrole nitrogens is 1. The van der Waals surface area contributed by atoms with Crippen molar-refractivity contribution in [3.05, 3.63) is 51.5 Å². The Morgan fingerprint density at radius 2 is 1.93 bits per heavy atom. The minimum absolute atomic E-state index is 0.0581. The fourth-order valence-corrected chi connectivity index (χ4v) is 5.36. The van der Waals surface area contributed by atoms with Crippen molar-refractivity contribution >= 4 is 33.2 Å². The van der Waals surface area contributed by atoms with Crippen LogP contribution in [-0.4, -0.2) is 65.2 Å². The fourth-order valence-electron chi connectivity index (χ4n) is 4.24. The molecule has 2 aliphatic heterocycles. The summed E-state index contributed by atoms with van der Waals surface area (Å²) in [7, 11) is 0. The number of nitrogens with zero attached hydrogens (tertiary/aromatic N) is 3. The summed E-state index contributed by atoms with van der Waals surface area (Å²) >= 11 is 7.46. The first-order valence-corrected chi connectivity index (χ1v) is 11.7. The SMILES string of the molecule is O=c1[nH]c(CN2CCN(CC3CCCO3)CC2)nc2cc(-c3ccc(Cl)cc3)sc12. The van der Waals surface area contributed by atoms with Crippen LogP contribution in [0.2, 0.25) is 5.02 Å². The quantitative estimate of drug-likeness (QED) is 0.651. The molecular formula is C22H25ClN4O2S. The number of nitrogens with one attached hydrogen (secondary N) is 1. The summed E-state index contributed by atoms with van der Waals surface area (Å²) in [6.07, 6.45) is 2.78. The van der Waals surface area contributed by atoms with Gasteiger partial charge in [-0.1, -0.05) is 23.7 Å². The van der Waals surface area contributed by atoms with Gasteiger partial charge >= 0.3 is 0 Å². The molecule has 30 heavy (non-hydrogen) atoms. The number of benzene rings is 1. The molecule has 3 aromatic rings. The van der Waals surface area contributed by atoms with Crippen molar-refractivity contribution < 1.29 is 4.74 Å². The highest BCUT2D eigenvalue weighted by molar-refractivity contribution is 7.22. The van der Waals surface area contributed by atoms with Crippen LogP contribution in [0, 0.1) is 0 Å². The molecule has 0 aliphatic carbocycles. The van der Waals surface area contributed by atoms with Gasteiger partial charge < -0.3 is 9.72 Å². The van der Waals surface area contributed by atoms with Gasteiger partial charge in [0.2, 0.25) is 0 Å². The monoisotopic (exact) mass is 444 g/mol. The standard InChI is InChI=1S/C22H25ClN4O2S/c23-16-5-3-15(4-6-16)19-12-18-21(30-19)22(28)25-20(24-18)14-27-9-7-26(8-10-27)13-17-2-1-11-29-17/h3-6,12,17H,1-2,7-11,13-14H2,(H,24,25,28). The second-order valence-corrected chi connectivity index (χ2v) is 9.54. The number of aromatic amines is 1. The normalized spacial score (nSPS) is 20.9. The smallest absolute Gasteiger partial charge is 0.268 e. The fraction of sp³-hybridized carbons (Fsp3) is 0.455. The largest absolute Gasteiger partial charge is 0.377 e. The van der Waals surface area contributed by atoms with Gasteiger partial charge in [-0.25, -0.2) is 4.98 Å². The molecule has 0 radical (unpaired) electrons. The molecule has 158 valence electrons. The second-order valence-electron chi connectivity index (χ2n) is 8.06. The van der Waals surface area contributed by atoms with Crippen LogP contribution in [0.3, 0.4) is 0 Å². The van der Waals surface area contributed by atoms with Gasteiger partial charge in [-0.3, -0.25) is 14.6 Å². The number of halogens is 1. The van der Waals surface area contributed by atoms with Gasteiger partial charge in [0.25, 0.3) is 5.56 Å². The number of hydrogen-bond donors (Lipinski definition) is 1. The van der Waals surface area contributed by atoms with Crippen LogP contribution in [0.15, 0.2) is 35.1 Å². The molecule has 1 atom stereocenters. The van der Waals surface area contributed by atoms with Gasteiger partial charge in [-0.05, 0) is 36.6 Å². The summed E-state index contributed by atoms with van der Waals surface area (Å²) in [5.41, 5.74) is 1.75. The number of piperazine rings is 1. The van der Waals surface area contributed by atoms with Gasteiger partial charge in [0.15, 0.2) is 0 Å². The zero-order valence-corrected chi connectivity index (χ0v) is 18.3. The molecule has 4 heterocycles. The third-order valence-corrected chi connectivity index (χ3v) is 7.31. The van der Waals surface area contributed by atoms with E-state index in [4.69, 9.17) is 21.3 Å². The predicted molar refractivity (Wildman–Crippen MR) is 121 cm³/mol. The van der Waals surface area contributed by atoms with Gasteiger partial charge in [0.1, 0.15) is 10.5 Å². The Balaban J connectivity index is 1.26. The molecule has 5 rings (SSSR count). The van der Waals surface area contributed by atoms with E-state index in [1.54, 1.807) is 0 Å². The maximum atomic E-state index is 12.6. The molecule has 1 N–H and O–H groups in total. The van der Waals surface area contributed by atoms with Gasteiger partial charge in [-0.2, -0.15) is 0 Å². The highest BCUT2D eigenvalue weighted by Gasteiger charge is 2.23. The van der Waals surface area contributed by atoms with Crippen LogP contribution in [0.4, 0.5) is 0 Å². The Morgan fingerprint density at radius 1 is 1.17 bits per heavy atom. The number of rotatable bonds is 5. The predicted octanol–water partition coefficient (Wildman–Crippen LogP) is 3.60. The molecule has 0 amide bonds. The average molecular weight is 445 g/mol. The number of thiophene rings is 1. The Hall–Kier alpha value is -1.77. The molecule has 0 spiro atoms. The maximum absolute atomic E-state index is 12.6. The first-order chi connectivity index (χ1) is 14.6. The summed E-state index contributed by atoms with van der Waals surface area (Å²) in [5, 5.41) is 0.703. The van der Waals surface area contributed by atoms with Crippen LogP contribution < -0.4 is 5.56 Å². The third kappa shape index (κ3) is 4.45. The number of aromatic nitrogens is 2. The molecule has 0 bridgehead atoms. The van der Waals surface area contributed by atoms with Crippen molar-refractivity contribution in [1.82, 2.24) is 19.8 Å². The van der Waals surface area contributed by atoms with Crippen LogP contribution in [0.1, 0.15) is 18.7 Å². The van der Waals surface area contributed by atoms with Crippen LogP contribution in [0.5, 0.6) is 0 Å². The summed E-state index contributed by atoms with van der Waals surface area (Å²) in [4.78, 5) is 26.3. The van der Waals surface area contributed by atoms with Crippen molar-refractivity contribution in [3.8, 4) is 10.4 Å². The molecule has 2 aromatic heterocycles. The van der Waals surface area contributed by atoms with Crippen LogP contribution >= 0.6 is 22.9 Å². The lowest BCUT2D eigenvalue weighted by atomic mass is 10.2. The first-order valence-electron chi connectivity index (χ1n) is 10.5. The zero-order chi connectivity index (χ0) is 20.5. The lowest BCUT2D eigenvalue weighted by Crippen LogP contribution is -2.48. The van der Waals surface area contributed by atoms with Crippen molar-refractivity contribution in [1.29, 1.82) is 0 Å². The molecule has 0 saturated carbocycles. The number of fused-ring (bicyclic) bond motifs is 1. The summed E-state index contributed by atoms with van der Waals surface area (Å²) in [5.74, 6) is 0.737. The van der Waals surface area contributed by atoms with Crippen molar-refractivity contribution in [3.63, 3.8) is 0 Å². The van der Waals surface area contributed by atoms with Crippen molar-refractivity contribution in [2.24, 2.45) is 0 Å². The van der Waals surface area contributed by atoms with Gasteiger partial charge in [-0.15, -0.1) is 11.3 Å². The molecule has 2 saturated heterocycles. The highest BCUT2D eigenvalue weighted by Crippen LogP contribution is 2.31. The minimum Gasteiger partial charge on any atom is -0.377 e. The summed E-state index contributed by atoms with van der Waals surface area (Å²) in [6, 6.07) is 9.67. The molecule has 6 nitrogen and oxygen atoms in total. The topological polar surface area (TPSA) is 61.5 Å². The lowest BCUT2D eigenvalue weighted by molar-refractivity contribution is 0.0484. The summed E-state index contributed by atoms with van der Waals surface area (Å²) in [6.45, 7) is 6.65. The van der Waals surface area contributed by atoms with E-state index in [-0.39, 0.29) is 5.56 Å². The van der Waals surface area contributed by atoms with E-state index >= 15 is 0 Å². The number of ether oxygens (including phenoxy) is 1. The molecule has 1 unspecified atom stereocenters. The van der Waals surface area contributed by atoms with E-state index < -0.39 is 0 Å². The molecule has 8 heteroatoms. The molecule has 1 aromatic carbocycles. The number of hydrogen-bond acceptors (Lipinski definition) is 6. The van der Waals surface area contributed by atoms with Gasteiger partial charge in [0.05, 0.1) is 18.2 Å². The second kappa shape index (κ2) is 8.77. The zero-order valence-electron chi connectivity index (χ0n) is 16.8. The van der Waals surface area contributed by atoms with E-state index in [2.05, 4.69) is 14.8 Å². The Morgan fingerprint density at radius 3 is 2.67 bits per heavy atom. The minimum atomic E-state index is -0.0581. The first kappa shape index (κ1) is 20.2. The Kier molecular flexibility index (Phi) is 5.89. The third-order valence-electron chi connectivity index (χ3n) is 5.88. The van der Waals surface area contributed by atoms with Gasteiger partial charge in [0, 0.05) is 49.2 Å². The van der Waals surface area contributed by atoms with E-state index in [1.165, 1.54) is 24.2 Å². The van der Waals surface area contributed by atoms with E-state index in [1.807, 2.05) is 30.3 Å². The van der Waals surface area contributed by atoms with E-state index in [0.29, 0.717) is 22.4 Å². The molecular weight excluding hydrogens is 420 g/mol. The van der Waals surface area contributed by atoms with Crippen molar-refractivity contribution in [2.75, 3.05) is 39.3 Å². The van der Waals surface area contributed by atoms with Crippen molar-refractivity contribution in [2.45, 2.75) is 25.5 Å². The highest BCUT2D eigenvalue weighted by atomic mass is 35.5. The summed E-state index contributed by atoms with van der Waals surface area (Å²) < 4.78 is 6.43. The Labute approximate surface area is 184 Å². The molecule has 2 fully saturated rings. The van der Waals surface area contributed by atoms with Crippen LogP contribution in [-0.2, 0) is 11.3 Å². The van der Waals surface area contributed by atoms with Crippen LogP contribution in [0.25, 0.3) is 20.7 Å². The molecule has 2 aliphatic rings. The lowest BCUT2D eigenvalue weighted by Gasteiger charge is -2.35. The maximum Gasteiger partial charge on any atom is 0.268 e. The van der Waals surface area contributed by atoms with E-state index in [0.717, 1.165) is 61.1 Å². The average Bonchev–Trinajstić information content (AvgIpc) is 3.40.